The molecule has 4 nitrogen and oxygen atoms in total. The molecule has 0 fully saturated rings. The number of hydrogen-bond acceptors (Lipinski definition) is 4. The molecule has 2 aromatic rings. The summed E-state index contributed by atoms with van der Waals surface area (Å²) < 4.78 is 0. The Morgan fingerprint density at radius 2 is 1.76 bits per heavy atom. The fraction of sp³-hybridized carbons (Fsp3) is 0.190. The molecule has 1 N–H and O–H groups in total. The number of nitrogens with zero attached hydrogens (tertiary/aromatic N) is 1. The molecule has 1 aliphatic carbocycles. The smallest absolute Gasteiger partial charge is 0.168 e. The maximum absolute atomic E-state index is 12.4. The molecule has 0 aliphatic heterocycles. The highest BCUT2D eigenvalue weighted by atomic mass is 16.3. The van der Waals surface area contributed by atoms with Crippen molar-refractivity contribution in [3.8, 4) is 0 Å². The molecule has 0 saturated carbocycles. The number of Topliss-reactive ketones (excluding diaryl/α,β-unsaturated/α-hetero) is 2. The van der Waals surface area contributed by atoms with Crippen LogP contribution in [0.3, 0.4) is 0 Å². The van der Waals surface area contributed by atoms with Crippen LogP contribution in [0.4, 0.5) is 5.69 Å². The quantitative estimate of drug-likeness (QED) is 0.659. The van der Waals surface area contributed by atoms with Crippen molar-refractivity contribution in [2.75, 3.05) is 0 Å². The maximum atomic E-state index is 12.4. The van der Waals surface area contributed by atoms with E-state index in [0.717, 1.165) is 5.56 Å². The molecule has 1 aliphatic rings. The minimum absolute atomic E-state index is 0.000648. The third-order valence-corrected chi connectivity index (χ3v) is 4.37. The zero-order valence-electron chi connectivity index (χ0n) is 14.0. The van der Waals surface area contributed by atoms with E-state index in [4.69, 9.17) is 0 Å². The van der Waals surface area contributed by atoms with Crippen LogP contribution in [0.15, 0.2) is 70.9 Å². The van der Waals surface area contributed by atoms with E-state index in [0.29, 0.717) is 24.1 Å². The van der Waals surface area contributed by atoms with Crippen molar-refractivity contribution >= 4 is 23.5 Å². The highest BCUT2D eigenvalue weighted by Gasteiger charge is 2.27. The highest BCUT2D eigenvalue weighted by Crippen LogP contribution is 2.33. The summed E-state index contributed by atoms with van der Waals surface area (Å²) in [4.78, 5) is 27.9. The summed E-state index contributed by atoms with van der Waals surface area (Å²) in [7, 11) is 0. The normalized spacial score (nSPS) is 18.0. The third-order valence-electron chi connectivity index (χ3n) is 4.37. The third kappa shape index (κ3) is 3.91. The fourth-order valence-electron chi connectivity index (χ4n) is 2.94. The lowest BCUT2D eigenvalue weighted by atomic mass is 9.83. The second-order valence-corrected chi connectivity index (χ2v) is 6.16. The van der Waals surface area contributed by atoms with E-state index in [1.807, 2.05) is 30.3 Å². The van der Waals surface area contributed by atoms with E-state index in [1.165, 1.54) is 13.1 Å². The molecule has 0 saturated heterocycles. The summed E-state index contributed by atoms with van der Waals surface area (Å²) in [6.45, 7) is 1.50. The van der Waals surface area contributed by atoms with Gasteiger partial charge in [0.1, 0.15) is 5.76 Å². The van der Waals surface area contributed by atoms with E-state index >= 15 is 0 Å². The first-order chi connectivity index (χ1) is 12.0. The van der Waals surface area contributed by atoms with Gasteiger partial charge in [-0.3, -0.25) is 14.6 Å². The molecular formula is C21H19NO3. The number of rotatable bonds is 4. The Hall–Kier alpha value is -3.01. The van der Waals surface area contributed by atoms with Gasteiger partial charge in [-0.05, 0) is 42.7 Å². The summed E-state index contributed by atoms with van der Waals surface area (Å²) in [5.74, 6) is -0.0399. The molecule has 1 unspecified atom stereocenters. The Bertz CT molecular complexity index is 848. The Labute approximate surface area is 146 Å². The molecular weight excluding hydrogens is 314 g/mol. The molecule has 126 valence electrons. The highest BCUT2D eigenvalue weighted by molar-refractivity contribution is 6.15. The van der Waals surface area contributed by atoms with Crippen LogP contribution in [0.5, 0.6) is 0 Å². The molecule has 0 amide bonds. The first kappa shape index (κ1) is 16.8. The van der Waals surface area contributed by atoms with Crippen molar-refractivity contribution < 1.29 is 14.7 Å². The molecule has 0 spiro atoms. The number of carbonyl (C=O) groups is 2. The van der Waals surface area contributed by atoms with Gasteiger partial charge >= 0.3 is 0 Å². The number of carbonyl (C=O) groups excluding carboxylic acids is 2. The molecule has 0 radical (unpaired) electrons. The molecule has 0 bridgehead atoms. The summed E-state index contributed by atoms with van der Waals surface area (Å²) in [6, 6.07) is 16.6. The predicted molar refractivity (Wildman–Crippen MR) is 97.7 cm³/mol. The average molecular weight is 333 g/mol. The van der Waals surface area contributed by atoms with Crippen LogP contribution < -0.4 is 0 Å². The number of aliphatic hydroxyl groups excluding tert-OH is 1. The summed E-state index contributed by atoms with van der Waals surface area (Å²) in [5.41, 5.74) is 2.56. The van der Waals surface area contributed by atoms with Crippen molar-refractivity contribution in [1.82, 2.24) is 0 Å². The zero-order valence-corrected chi connectivity index (χ0v) is 14.0. The van der Waals surface area contributed by atoms with Crippen molar-refractivity contribution in [1.29, 1.82) is 0 Å². The Balaban J connectivity index is 1.77. The summed E-state index contributed by atoms with van der Waals surface area (Å²) in [6.07, 6.45) is 2.21. The van der Waals surface area contributed by atoms with Crippen LogP contribution in [-0.4, -0.2) is 22.9 Å². The Kier molecular flexibility index (Phi) is 4.89. The number of ketones is 2. The molecule has 0 heterocycles. The van der Waals surface area contributed by atoms with Crippen molar-refractivity contribution in [2.24, 2.45) is 4.99 Å². The average Bonchev–Trinajstić information content (AvgIpc) is 2.62. The van der Waals surface area contributed by atoms with Gasteiger partial charge in [0.2, 0.25) is 0 Å². The summed E-state index contributed by atoms with van der Waals surface area (Å²) >= 11 is 0. The second-order valence-electron chi connectivity index (χ2n) is 6.16. The van der Waals surface area contributed by atoms with Gasteiger partial charge in [-0.25, -0.2) is 0 Å². The molecule has 0 aromatic heterocycles. The molecule has 25 heavy (non-hydrogen) atoms. The monoisotopic (exact) mass is 333 g/mol. The van der Waals surface area contributed by atoms with E-state index < -0.39 is 0 Å². The molecule has 3 rings (SSSR count). The number of benzene rings is 2. The van der Waals surface area contributed by atoms with E-state index in [-0.39, 0.29) is 28.8 Å². The van der Waals surface area contributed by atoms with Crippen LogP contribution in [0.25, 0.3) is 0 Å². The van der Waals surface area contributed by atoms with Gasteiger partial charge in [-0.15, -0.1) is 0 Å². The maximum Gasteiger partial charge on any atom is 0.168 e. The molecule has 2 aromatic carbocycles. The van der Waals surface area contributed by atoms with Gasteiger partial charge in [-0.2, -0.15) is 0 Å². The van der Waals surface area contributed by atoms with Gasteiger partial charge in [-0.1, -0.05) is 30.3 Å². The number of aliphatic imine (C=N–C) groups is 1. The van der Waals surface area contributed by atoms with E-state index in [1.54, 1.807) is 24.3 Å². The minimum Gasteiger partial charge on any atom is -0.511 e. The zero-order chi connectivity index (χ0) is 17.8. The Morgan fingerprint density at radius 3 is 2.36 bits per heavy atom. The lowest BCUT2D eigenvalue weighted by Gasteiger charge is -2.22. The minimum atomic E-state index is -0.110. The van der Waals surface area contributed by atoms with Crippen LogP contribution in [-0.2, 0) is 4.79 Å². The first-order valence-corrected chi connectivity index (χ1v) is 8.20. The van der Waals surface area contributed by atoms with Gasteiger partial charge in [0.05, 0.1) is 11.3 Å². The largest absolute Gasteiger partial charge is 0.511 e. The van der Waals surface area contributed by atoms with Crippen LogP contribution in [0.1, 0.15) is 41.6 Å². The first-order valence-electron chi connectivity index (χ1n) is 8.20. The topological polar surface area (TPSA) is 66.7 Å². The van der Waals surface area contributed by atoms with Gasteiger partial charge in [0.25, 0.3) is 0 Å². The predicted octanol–water partition coefficient (Wildman–Crippen LogP) is 4.55. The van der Waals surface area contributed by atoms with Crippen molar-refractivity contribution in [3.05, 3.63) is 77.1 Å². The fourth-order valence-corrected chi connectivity index (χ4v) is 2.94. The number of aliphatic hydroxyl groups is 1. The van der Waals surface area contributed by atoms with Crippen LogP contribution >= 0.6 is 0 Å². The standard InChI is InChI=1S/C21H19NO3/c1-14(23)15-7-9-18(10-8-15)22-13-19-20(24)11-17(12-21(19)25)16-5-3-2-4-6-16/h2-10,13,17,24H,11-12H2,1H3. The van der Waals surface area contributed by atoms with E-state index in [9.17, 15) is 14.7 Å². The Morgan fingerprint density at radius 1 is 1.08 bits per heavy atom. The van der Waals surface area contributed by atoms with Gasteiger partial charge in [0.15, 0.2) is 11.6 Å². The van der Waals surface area contributed by atoms with Crippen molar-refractivity contribution in [2.45, 2.75) is 25.7 Å². The van der Waals surface area contributed by atoms with Crippen LogP contribution in [0.2, 0.25) is 0 Å². The van der Waals surface area contributed by atoms with E-state index in [2.05, 4.69) is 4.99 Å². The van der Waals surface area contributed by atoms with Crippen LogP contribution in [0, 0.1) is 0 Å². The van der Waals surface area contributed by atoms with Crippen molar-refractivity contribution in [3.63, 3.8) is 0 Å². The lowest BCUT2D eigenvalue weighted by molar-refractivity contribution is -0.116. The SMILES string of the molecule is CC(=O)c1ccc(N=CC2=C(O)CC(c3ccccc3)CC2=O)cc1. The summed E-state index contributed by atoms with van der Waals surface area (Å²) in [5, 5.41) is 10.3. The second kappa shape index (κ2) is 7.26. The lowest BCUT2D eigenvalue weighted by Crippen LogP contribution is -2.19. The number of hydrogen-bond donors (Lipinski definition) is 1. The number of allylic oxidation sites excluding steroid dienone is 2. The molecule has 1 atom stereocenters. The molecule has 4 heteroatoms. The van der Waals surface area contributed by atoms with Gasteiger partial charge < -0.3 is 5.11 Å². The van der Waals surface area contributed by atoms with Gasteiger partial charge in [0, 0.05) is 24.6 Å².